The summed E-state index contributed by atoms with van der Waals surface area (Å²) in [4.78, 5) is 23.6. The van der Waals surface area contributed by atoms with E-state index in [0.717, 1.165) is 11.1 Å². The van der Waals surface area contributed by atoms with Crippen LogP contribution in [0.5, 0.6) is 0 Å². The Morgan fingerprint density at radius 3 is 1.95 bits per heavy atom. The molecule has 0 fully saturated rings. The lowest BCUT2D eigenvalue weighted by Crippen LogP contribution is -2.09. The normalized spacial score (nSPS) is 10.6. The van der Waals surface area contributed by atoms with Crippen molar-refractivity contribution < 1.29 is 9.59 Å². The van der Waals surface area contributed by atoms with Gasteiger partial charge in [-0.3, -0.25) is 9.59 Å². The smallest absolute Gasteiger partial charge is 0.163 e. The minimum Gasteiger partial charge on any atom is -0.299 e. The van der Waals surface area contributed by atoms with Gasteiger partial charge >= 0.3 is 0 Å². The minimum absolute atomic E-state index is 0.00161. The SMILES string of the molecule is CC(C)C(=O)CCC(=O)c1ccc(-c2ccccc2)cc1. The van der Waals surface area contributed by atoms with Gasteiger partial charge in [-0.15, -0.1) is 0 Å². The van der Waals surface area contributed by atoms with Gasteiger partial charge in [-0.1, -0.05) is 68.4 Å². The van der Waals surface area contributed by atoms with E-state index in [1.165, 1.54) is 0 Å². The molecule has 0 amide bonds. The van der Waals surface area contributed by atoms with E-state index in [2.05, 4.69) is 0 Å². The second-order valence-electron chi connectivity index (χ2n) is 5.49. The largest absolute Gasteiger partial charge is 0.299 e. The third-order valence-corrected chi connectivity index (χ3v) is 3.56. The summed E-state index contributed by atoms with van der Waals surface area (Å²) in [6.07, 6.45) is 0.624. The summed E-state index contributed by atoms with van der Waals surface area (Å²) < 4.78 is 0. The zero-order valence-electron chi connectivity index (χ0n) is 12.5. The summed E-state index contributed by atoms with van der Waals surface area (Å²) in [5.41, 5.74) is 2.89. The fourth-order valence-corrected chi connectivity index (χ4v) is 2.15. The van der Waals surface area contributed by atoms with Crippen LogP contribution in [0.25, 0.3) is 11.1 Å². The summed E-state index contributed by atoms with van der Waals surface area (Å²) in [5.74, 6) is 0.172. The first kappa shape index (κ1) is 15.2. The van der Waals surface area contributed by atoms with Crippen LogP contribution in [0.3, 0.4) is 0 Å². The van der Waals surface area contributed by atoms with Gasteiger partial charge in [0.15, 0.2) is 5.78 Å². The monoisotopic (exact) mass is 280 g/mol. The number of rotatable bonds is 6. The lowest BCUT2D eigenvalue weighted by molar-refractivity contribution is -0.121. The van der Waals surface area contributed by atoms with E-state index >= 15 is 0 Å². The first-order valence-electron chi connectivity index (χ1n) is 7.29. The van der Waals surface area contributed by atoms with Crippen LogP contribution in [0.2, 0.25) is 0 Å². The molecule has 2 heteroatoms. The molecule has 0 heterocycles. The first-order valence-corrected chi connectivity index (χ1v) is 7.29. The van der Waals surface area contributed by atoms with E-state index in [9.17, 15) is 9.59 Å². The molecule has 0 spiro atoms. The zero-order chi connectivity index (χ0) is 15.2. The maximum atomic E-state index is 12.1. The van der Waals surface area contributed by atoms with Crippen LogP contribution in [0, 0.1) is 5.92 Å². The van der Waals surface area contributed by atoms with Crippen LogP contribution in [-0.2, 0) is 4.79 Å². The van der Waals surface area contributed by atoms with E-state index in [0.29, 0.717) is 18.4 Å². The topological polar surface area (TPSA) is 34.1 Å². The van der Waals surface area contributed by atoms with Crippen molar-refractivity contribution in [1.82, 2.24) is 0 Å². The highest BCUT2D eigenvalue weighted by molar-refractivity contribution is 5.98. The molecule has 21 heavy (non-hydrogen) atoms. The van der Waals surface area contributed by atoms with Crippen molar-refractivity contribution >= 4 is 11.6 Å². The zero-order valence-corrected chi connectivity index (χ0v) is 12.5. The predicted octanol–water partition coefficient (Wildman–Crippen LogP) is 4.54. The van der Waals surface area contributed by atoms with Crippen molar-refractivity contribution in [2.24, 2.45) is 5.92 Å². The average Bonchev–Trinajstić information content (AvgIpc) is 2.53. The quantitative estimate of drug-likeness (QED) is 0.728. The summed E-state index contributed by atoms with van der Waals surface area (Å²) in [6, 6.07) is 17.6. The molecule has 0 unspecified atom stereocenters. The molecule has 108 valence electrons. The van der Waals surface area contributed by atoms with E-state index in [1.54, 1.807) is 0 Å². The van der Waals surface area contributed by atoms with Crippen LogP contribution >= 0.6 is 0 Å². The van der Waals surface area contributed by atoms with Crippen LogP contribution < -0.4 is 0 Å². The highest BCUT2D eigenvalue weighted by atomic mass is 16.1. The Balaban J connectivity index is 2.02. The van der Waals surface area contributed by atoms with E-state index in [4.69, 9.17) is 0 Å². The Morgan fingerprint density at radius 1 is 0.810 bits per heavy atom. The molecule has 2 rings (SSSR count). The molecule has 0 aliphatic carbocycles. The fourth-order valence-electron chi connectivity index (χ4n) is 2.15. The van der Waals surface area contributed by atoms with Gasteiger partial charge in [0, 0.05) is 24.3 Å². The van der Waals surface area contributed by atoms with Crippen molar-refractivity contribution in [3.8, 4) is 11.1 Å². The maximum Gasteiger partial charge on any atom is 0.163 e. The molecule has 0 aliphatic heterocycles. The second kappa shape index (κ2) is 6.98. The van der Waals surface area contributed by atoms with E-state index in [-0.39, 0.29) is 17.5 Å². The Bertz CT molecular complexity index is 610. The number of carbonyl (C=O) groups excluding carboxylic acids is 2. The second-order valence-corrected chi connectivity index (χ2v) is 5.49. The van der Waals surface area contributed by atoms with Crippen molar-refractivity contribution in [2.75, 3.05) is 0 Å². The molecular formula is C19H20O2. The van der Waals surface area contributed by atoms with Gasteiger partial charge in [-0.05, 0) is 11.1 Å². The molecule has 0 atom stereocenters. The van der Waals surface area contributed by atoms with Gasteiger partial charge in [0.2, 0.25) is 0 Å². The minimum atomic E-state index is -0.00161. The molecule has 2 nitrogen and oxygen atoms in total. The van der Waals surface area contributed by atoms with Crippen LogP contribution in [0.15, 0.2) is 54.6 Å². The number of hydrogen-bond donors (Lipinski definition) is 0. The van der Waals surface area contributed by atoms with Gasteiger partial charge in [0.1, 0.15) is 5.78 Å². The highest BCUT2D eigenvalue weighted by Crippen LogP contribution is 2.20. The van der Waals surface area contributed by atoms with Gasteiger partial charge in [-0.2, -0.15) is 0 Å². The highest BCUT2D eigenvalue weighted by Gasteiger charge is 2.11. The Morgan fingerprint density at radius 2 is 1.38 bits per heavy atom. The van der Waals surface area contributed by atoms with Gasteiger partial charge in [0.25, 0.3) is 0 Å². The van der Waals surface area contributed by atoms with E-state index in [1.807, 2.05) is 68.4 Å². The molecule has 2 aromatic carbocycles. The van der Waals surface area contributed by atoms with Crippen LogP contribution in [0.1, 0.15) is 37.0 Å². The standard InChI is InChI=1S/C19H20O2/c1-14(2)18(20)12-13-19(21)17-10-8-16(9-11-17)15-6-4-3-5-7-15/h3-11,14H,12-13H2,1-2H3. The number of benzene rings is 2. The van der Waals surface area contributed by atoms with Crippen LogP contribution in [0.4, 0.5) is 0 Å². The Labute approximate surface area is 125 Å². The lowest BCUT2D eigenvalue weighted by Gasteiger charge is -2.05. The third-order valence-electron chi connectivity index (χ3n) is 3.56. The van der Waals surface area contributed by atoms with Gasteiger partial charge < -0.3 is 0 Å². The van der Waals surface area contributed by atoms with Crippen molar-refractivity contribution in [3.05, 3.63) is 60.2 Å². The summed E-state index contributed by atoms with van der Waals surface area (Å²) in [6.45, 7) is 3.73. The van der Waals surface area contributed by atoms with Crippen LogP contribution in [-0.4, -0.2) is 11.6 Å². The fraction of sp³-hybridized carbons (Fsp3) is 0.263. The molecule has 0 aromatic heterocycles. The number of ketones is 2. The first-order chi connectivity index (χ1) is 10.1. The Kier molecular flexibility index (Phi) is 5.04. The van der Waals surface area contributed by atoms with Crippen molar-refractivity contribution in [1.29, 1.82) is 0 Å². The average molecular weight is 280 g/mol. The molecule has 0 aliphatic rings. The number of Topliss-reactive ketones (excluding diaryl/α,β-unsaturated/α-hetero) is 2. The van der Waals surface area contributed by atoms with Crippen molar-refractivity contribution in [3.63, 3.8) is 0 Å². The van der Waals surface area contributed by atoms with E-state index < -0.39 is 0 Å². The molecule has 2 aromatic rings. The number of hydrogen-bond acceptors (Lipinski definition) is 2. The predicted molar refractivity (Wildman–Crippen MR) is 85.3 cm³/mol. The number of carbonyl (C=O) groups is 2. The lowest BCUT2D eigenvalue weighted by atomic mass is 9.98. The Hall–Kier alpha value is -2.22. The maximum absolute atomic E-state index is 12.1. The summed E-state index contributed by atoms with van der Waals surface area (Å²) in [7, 11) is 0. The summed E-state index contributed by atoms with van der Waals surface area (Å²) in [5, 5.41) is 0. The molecule has 0 saturated carbocycles. The molecule has 0 N–H and O–H groups in total. The molecular weight excluding hydrogens is 260 g/mol. The molecule has 0 saturated heterocycles. The third kappa shape index (κ3) is 4.12. The van der Waals surface area contributed by atoms with Gasteiger partial charge in [0.05, 0.1) is 0 Å². The van der Waals surface area contributed by atoms with Gasteiger partial charge in [-0.25, -0.2) is 0 Å². The molecule has 0 bridgehead atoms. The molecule has 0 radical (unpaired) electrons. The summed E-state index contributed by atoms with van der Waals surface area (Å²) >= 11 is 0. The van der Waals surface area contributed by atoms with Crippen molar-refractivity contribution in [2.45, 2.75) is 26.7 Å².